The van der Waals surface area contributed by atoms with E-state index >= 15 is 0 Å². The summed E-state index contributed by atoms with van der Waals surface area (Å²) in [6.07, 6.45) is -0.547. The number of amides is 1. The van der Waals surface area contributed by atoms with Gasteiger partial charge in [0, 0.05) is 42.9 Å². The lowest BCUT2D eigenvalue weighted by Crippen LogP contribution is -2.25. The van der Waals surface area contributed by atoms with Gasteiger partial charge in [0.05, 0.1) is 24.3 Å². The molecular weight excluding hydrogens is 479 g/mol. The number of nitrogens with zero attached hydrogens (tertiary/aromatic N) is 3. The second-order valence-corrected chi connectivity index (χ2v) is 11.4. The number of aliphatic hydroxyl groups excluding tert-OH is 1. The van der Waals surface area contributed by atoms with Crippen LogP contribution in [0.5, 0.6) is 0 Å². The van der Waals surface area contributed by atoms with Crippen LogP contribution in [0.2, 0.25) is 0 Å². The van der Waals surface area contributed by atoms with E-state index in [1.165, 1.54) is 17.4 Å². The third kappa shape index (κ3) is 6.41. The number of hydrogen-bond donors (Lipinski definition) is 1. The standard InChI is InChI=1S/C25H32F3N3O3S/c1-24(2,3)21-15-31(14-19-5-4-10-34-19)23(35-21)29-22(33)20-11-17(25(26,27)28)7-6-16(20)12-30-9-8-18(32)13-30/h6-7,11,15,18-19,32H,4-5,8-10,12-14H2,1-3H3/t18-,19+/m0/s1. The Morgan fingerprint density at radius 2 is 2.03 bits per heavy atom. The van der Waals surface area contributed by atoms with Gasteiger partial charge in [-0.05, 0) is 42.4 Å². The Kier molecular flexibility index (Phi) is 7.57. The van der Waals surface area contributed by atoms with Crippen molar-refractivity contribution in [2.75, 3.05) is 19.7 Å². The largest absolute Gasteiger partial charge is 0.416 e. The average Bonchev–Trinajstić information content (AvgIpc) is 3.50. The third-order valence-corrected chi connectivity index (χ3v) is 7.84. The molecule has 1 N–H and O–H groups in total. The van der Waals surface area contributed by atoms with Gasteiger partial charge in [0.25, 0.3) is 5.91 Å². The van der Waals surface area contributed by atoms with Crippen LogP contribution in [0.4, 0.5) is 13.2 Å². The number of hydrogen-bond acceptors (Lipinski definition) is 5. The highest BCUT2D eigenvalue weighted by Crippen LogP contribution is 2.32. The summed E-state index contributed by atoms with van der Waals surface area (Å²) in [7, 11) is 0. The number of alkyl halides is 3. The number of aromatic nitrogens is 1. The van der Waals surface area contributed by atoms with Gasteiger partial charge in [-0.15, -0.1) is 11.3 Å². The SMILES string of the molecule is CC(C)(C)c1cn(C[C@H]2CCCO2)c(=NC(=O)c2cc(C(F)(F)F)ccc2CN2CC[C@H](O)C2)s1. The maximum absolute atomic E-state index is 13.5. The Balaban J connectivity index is 1.73. The summed E-state index contributed by atoms with van der Waals surface area (Å²) in [6, 6.07) is 3.25. The zero-order valence-electron chi connectivity index (χ0n) is 20.3. The van der Waals surface area contributed by atoms with E-state index in [0.29, 0.717) is 43.0 Å². The summed E-state index contributed by atoms with van der Waals surface area (Å²) in [5.74, 6) is -0.700. The van der Waals surface area contributed by atoms with E-state index in [2.05, 4.69) is 25.8 Å². The summed E-state index contributed by atoms with van der Waals surface area (Å²) < 4.78 is 48.1. The smallest absolute Gasteiger partial charge is 0.392 e. The van der Waals surface area contributed by atoms with Gasteiger partial charge in [-0.1, -0.05) is 26.8 Å². The van der Waals surface area contributed by atoms with Crippen LogP contribution in [0.15, 0.2) is 29.4 Å². The maximum Gasteiger partial charge on any atom is 0.416 e. The summed E-state index contributed by atoms with van der Waals surface area (Å²) >= 11 is 1.38. The molecule has 0 unspecified atom stereocenters. The highest BCUT2D eigenvalue weighted by molar-refractivity contribution is 7.09. The Hall–Kier alpha value is -2.01. The molecule has 0 bridgehead atoms. The highest BCUT2D eigenvalue weighted by atomic mass is 32.1. The van der Waals surface area contributed by atoms with Gasteiger partial charge in [0.1, 0.15) is 0 Å². The number of rotatable bonds is 5. The quantitative estimate of drug-likeness (QED) is 0.648. The molecule has 1 aromatic carbocycles. The van der Waals surface area contributed by atoms with Crippen LogP contribution < -0.4 is 4.80 Å². The Labute approximate surface area is 207 Å². The minimum absolute atomic E-state index is 0.0252. The molecule has 2 fully saturated rings. The molecule has 1 aromatic heterocycles. The molecule has 1 amide bonds. The first-order chi connectivity index (χ1) is 16.4. The zero-order valence-corrected chi connectivity index (χ0v) is 21.1. The molecule has 2 atom stereocenters. The van der Waals surface area contributed by atoms with Crippen LogP contribution in [-0.4, -0.2) is 52.4 Å². The molecule has 4 rings (SSSR count). The van der Waals surface area contributed by atoms with E-state index < -0.39 is 23.8 Å². The molecule has 192 valence electrons. The minimum Gasteiger partial charge on any atom is -0.392 e. The number of benzene rings is 1. The lowest BCUT2D eigenvalue weighted by Gasteiger charge is -2.18. The second-order valence-electron chi connectivity index (χ2n) is 10.4. The van der Waals surface area contributed by atoms with E-state index in [4.69, 9.17) is 4.74 Å². The van der Waals surface area contributed by atoms with E-state index in [-0.39, 0.29) is 23.6 Å². The number of carbonyl (C=O) groups excluding carboxylic acids is 1. The summed E-state index contributed by atoms with van der Waals surface area (Å²) in [4.78, 5) is 21.1. The van der Waals surface area contributed by atoms with Gasteiger partial charge in [0.2, 0.25) is 0 Å². The number of ether oxygens (including phenoxy) is 1. The fourth-order valence-electron chi connectivity index (χ4n) is 4.39. The molecule has 2 aliphatic rings. The van der Waals surface area contributed by atoms with Crippen LogP contribution in [0.1, 0.15) is 66.4 Å². The number of likely N-dealkylation sites (tertiary alicyclic amines) is 1. The summed E-state index contributed by atoms with van der Waals surface area (Å²) in [5.41, 5.74) is -0.637. The van der Waals surface area contributed by atoms with Crippen LogP contribution in [0.25, 0.3) is 0 Å². The van der Waals surface area contributed by atoms with Crippen molar-refractivity contribution in [3.05, 3.63) is 50.8 Å². The van der Waals surface area contributed by atoms with Crippen molar-refractivity contribution >= 4 is 17.2 Å². The molecule has 0 saturated carbocycles. The van der Waals surface area contributed by atoms with E-state index in [1.54, 1.807) is 0 Å². The van der Waals surface area contributed by atoms with Gasteiger partial charge in [-0.2, -0.15) is 18.2 Å². The third-order valence-electron chi connectivity index (χ3n) is 6.39. The zero-order chi connectivity index (χ0) is 25.4. The first-order valence-electron chi connectivity index (χ1n) is 11.9. The molecular formula is C25H32F3N3O3S. The van der Waals surface area contributed by atoms with E-state index in [9.17, 15) is 23.1 Å². The van der Waals surface area contributed by atoms with Crippen LogP contribution in [-0.2, 0) is 29.4 Å². The first-order valence-corrected chi connectivity index (χ1v) is 12.7. The molecule has 2 aliphatic heterocycles. The molecule has 0 aliphatic carbocycles. The minimum atomic E-state index is -4.57. The van der Waals surface area contributed by atoms with Crippen LogP contribution in [0.3, 0.4) is 0 Å². The number of carbonyl (C=O) groups is 1. The van der Waals surface area contributed by atoms with Gasteiger partial charge in [0.15, 0.2) is 4.80 Å². The predicted molar refractivity (Wildman–Crippen MR) is 127 cm³/mol. The molecule has 35 heavy (non-hydrogen) atoms. The summed E-state index contributed by atoms with van der Waals surface area (Å²) in [5, 5.41) is 9.83. The molecule has 3 heterocycles. The van der Waals surface area contributed by atoms with Crippen molar-refractivity contribution in [3.63, 3.8) is 0 Å². The van der Waals surface area contributed by atoms with Gasteiger partial charge < -0.3 is 14.4 Å². The predicted octanol–water partition coefficient (Wildman–Crippen LogP) is 4.35. The fraction of sp³-hybridized carbons (Fsp3) is 0.600. The van der Waals surface area contributed by atoms with Crippen molar-refractivity contribution in [2.24, 2.45) is 4.99 Å². The Morgan fingerprint density at radius 3 is 2.63 bits per heavy atom. The maximum atomic E-state index is 13.5. The first kappa shape index (κ1) is 26.1. The number of thiazole rings is 1. The molecule has 2 saturated heterocycles. The summed E-state index contributed by atoms with van der Waals surface area (Å²) in [6.45, 7) is 8.76. The average molecular weight is 512 g/mol. The van der Waals surface area contributed by atoms with Crippen molar-refractivity contribution in [3.8, 4) is 0 Å². The number of β-amino-alcohol motifs (C(OH)–C–C–N with tert-alkyl or cyclic N) is 1. The molecule has 10 heteroatoms. The van der Waals surface area contributed by atoms with Gasteiger partial charge in [-0.3, -0.25) is 9.69 Å². The van der Waals surface area contributed by atoms with Crippen molar-refractivity contribution in [1.82, 2.24) is 9.47 Å². The fourth-order valence-corrected chi connectivity index (χ4v) is 5.44. The highest BCUT2D eigenvalue weighted by Gasteiger charge is 2.32. The van der Waals surface area contributed by atoms with Gasteiger partial charge >= 0.3 is 6.18 Å². The second kappa shape index (κ2) is 10.2. The van der Waals surface area contributed by atoms with Crippen molar-refractivity contribution in [1.29, 1.82) is 0 Å². The topological polar surface area (TPSA) is 67.1 Å². The lowest BCUT2D eigenvalue weighted by molar-refractivity contribution is -0.137. The molecule has 0 spiro atoms. The molecule has 2 aromatic rings. The van der Waals surface area contributed by atoms with Crippen molar-refractivity contribution in [2.45, 2.75) is 76.9 Å². The van der Waals surface area contributed by atoms with Crippen LogP contribution >= 0.6 is 11.3 Å². The Morgan fingerprint density at radius 1 is 1.26 bits per heavy atom. The number of aliphatic hydroxyl groups is 1. The van der Waals surface area contributed by atoms with Crippen molar-refractivity contribution < 1.29 is 27.8 Å². The monoisotopic (exact) mass is 511 g/mol. The van der Waals surface area contributed by atoms with Gasteiger partial charge in [-0.25, -0.2) is 0 Å². The number of halogens is 3. The lowest BCUT2D eigenvalue weighted by atomic mass is 9.95. The molecule has 0 radical (unpaired) electrons. The van der Waals surface area contributed by atoms with Crippen LogP contribution in [0, 0.1) is 0 Å². The Bertz CT molecular complexity index is 1130. The van der Waals surface area contributed by atoms with E-state index in [1.807, 2.05) is 15.7 Å². The van der Waals surface area contributed by atoms with E-state index in [0.717, 1.165) is 29.9 Å². The molecule has 6 nitrogen and oxygen atoms in total. The normalized spacial score (nSPS) is 22.3.